The number of anilines is 1. The van der Waals surface area contributed by atoms with E-state index in [0.717, 1.165) is 11.3 Å². The van der Waals surface area contributed by atoms with Crippen molar-refractivity contribution in [2.24, 2.45) is 0 Å². The number of nitrogens with one attached hydrogen (secondary N) is 1. The number of sulfonamides is 1. The smallest absolute Gasteiger partial charge is 0.348 e. The average molecular weight is 346 g/mol. The molecule has 0 unspecified atom stereocenters. The van der Waals surface area contributed by atoms with Gasteiger partial charge in [-0.1, -0.05) is 11.6 Å². The summed E-state index contributed by atoms with van der Waals surface area (Å²) in [4.78, 5) is 11.2. The third-order valence-corrected chi connectivity index (χ3v) is 5.66. The van der Waals surface area contributed by atoms with Crippen molar-refractivity contribution in [3.63, 3.8) is 0 Å². The zero-order chi connectivity index (χ0) is 15.8. The zero-order valence-electron chi connectivity index (χ0n) is 11.2. The van der Waals surface area contributed by atoms with Crippen LogP contribution < -0.4 is 4.72 Å². The van der Waals surface area contributed by atoms with Crippen molar-refractivity contribution in [3.05, 3.63) is 44.6 Å². The van der Waals surface area contributed by atoms with Crippen LogP contribution in [0.2, 0.25) is 5.02 Å². The van der Waals surface area contributed by atoms with E-state index in [0.29, 0.717) is 16.1 Å². The van der Waals surface area contributed by atoms with E-state index in [4.69, 9.17) is 16.7 Å². The molecule has 2 N–H and O–H groups in total. The Morgan fingerprint density at radius 1 is 1.29 bits per heavy atom. The predicted octanol–water partition coefficient (Wildman–Crippen LogP) is 3.52. The molecule has 8 heteroatoms. The molecule has 0 radical (unpaired) electrons. The Kier molecular flexibility index (Phi) is 4.27. The van der Waals surface area contributed by atoms with E-state index < -0.39 is 16.0 Å². The number of carbonyl (C=O) groups is 1. The fourth-order valence-electron chi connectivity index (χ4n) is 1.83. The number of thiophene rings is 1. The molecule has 112 valence electrons. The lowest BCUT2D eigenvalue weighted by Gasteiger charge is -2.11. The molecule has 2 rings (SSSR count). The molecule has 0 aliphatic carbocycles. The summed E-state index contributed by atoms with van der Waals surface area (Å²) in [7, 11) is -3.87. The lowest BCUT2D eigenvalue weighted by atomic mass is 10.2. The van der Waals surface area contributed by atoms with Gasteiger partial charge in [-0.3, -0.25) is 4.72 Å². The first kappa shape index (κ1) is 15.8. The van der Waals surface area contributed by atoms with Crippen LogP contribution in [0.4, 0.5) is 5.69 Å². The molecule has 0 aliphatic heterocycles. The van der Waals surface area contributed by atoms with Crippen LogP contribution in [-0.2, 0) is 10.0 Å². The van der Waals surface area contributed by atoms with Crippen molar-refractivity contribution < 1.29 is 18.3 Å². The number of hydrogen-bond donors (Lipinski definition) is 2. The van der Waals surface area contributed by atoms with Gasteiger partial charge in [-0.05, 0) is 48.6 Å². The fourth-order valence-corrected chi connectivity index (χ4v) is 4.34. The minimum absolute atomic E-state index is 0.0392. The van der Waals surface area contributed by atoms with Gasteiger partial charge in [-0.15, -0.1) is 11.3 Å². The van der Waals surface area contributed by atoms with Gasteiger partial charge in [-0.2, -0.15) is 0 Å². The Morgan fingerprint density at radius 2 is 1.95 bits per heavy atom. The third-order valence-electron chi connectivity index (χ3n) is 2.83. The van der Waals surface area contributed by atoms with Crippen molar-refractivity contribution in [3.8, 4) is 0 Å². The number of benzene rings is 1. The Morgan fingerprint density at radius 3 is 2.52 bits per heavy atom. The molecule has 1 aromatic carbocycles. The number of carboxylic acids is 1. The summed E-state index contributed by atoms with van der Waals surface area (Å²) in [6.07, 6.45) is 0. The number of halogens is 1. The summed E-state index contributed by atoms with van der Waals surface area (Å²) in [5.41, 5.74) is 1.15. The minimum atomic E-state index is -3.87. The number of hydrogen-bond acceptors (Lipinski definition) is 4. The Bertz CT molecular complexity index is 812. The van der Waals surface area contributed by atoms with E-state index in [9.17, 15) is 13.2 Å². The van der Waals surface area contributed by atoms with Gasteiger partial charge in [-0.25, -0.2) is 13.2 Å². The molecule has 0 fully saturated rings. The molecule has 0 aliphatic rings. The summed E-state index contributed by atoms with van der Waals surface area (Å²) in [6.45, 7) is 3.27. The maximum absolute atomic E-state index is 12.4. The van der Waals surface area contributed by atoms with Gasteiger partial charge >= 0.3 is 5.97 Å². The van der Waals surface area contributed by atoms with E-state index >= 15 is 0 Å². The summed E-state index contributed by atoms with van der Waals surface area (Å²) < 4.78 is 27.2. The van der Waals surface area contributed by atoms with Crippen LogP contribution >= 0.6 is 22.9 Å². The molecule has 1 aromatic heterocycles. The predicted molar refractivity (Wildman–Crippen MR) is 83.0 cm³/mol. The molecule has 0 bridgehead atoms. The van der Waals surface area contributed by atoms with Crippen LogP contribution in [0.25, 0.3) is 0 Å². The standard InChI is InChI=1S/C13H12ClNO4S2/c1-7-5-9(14)3-4-10(7)21(18,19)15-11-8(2)6-20-12(11)13(16)17/h3-6,15H,1-2H3,(H,16,17). The van der Waals surface area contributed by atoms with Gasteiger partial charge in [0.2, 0.25) is 0 Å². The van der Waals surface area contributed by atoms with Gasteiger partial charge in [0.1, 0.15) is 4.88 Å². The monoisotopic (exact) mass is 345 g/mol. The van der Waals surface area contributed by atoms with Crippen LogP contribution in [0, 0.1) is 13.8 Å². The van der Waals surface area contributed by atoms with Gasteiger partial charge < -0.3 is 5.11 Å². The number of carboxylic acid groups (broad SMARTS) is 1. The largest absolute Gasteiger partial charge is 0.477 e. The first-order valence-corrected chi connectivity index (χ1v) is 8.57. The first-order valence-electron chi connectivity index (χ1n) is 5.82. The van der Waals surface area contributed by atoms with E-state index in [2.05, 4.69) is 4.72 Å². The Labute approximate surface area is 131 Å². The second-order valence-electron chi connectivity index (χ2n) is 4.44. The SMILES string of the molecule is Cc1cc(Cl)ccc1S(=O)(=O)Nc1c(C)csc1C(=O)O. The van der Waals surface area contributed by atoms with Crippen LogP contribution in [0.15, 0.2) is 28.5 Å². The maximum atomic E-state index is 12.4. The number of aryl methyl sites for hydroxylation is 2. The fraction of sp³-hybridized carbons (Fsp3) is 0.154. The van der Waals surface area contributed by atoms with Gasteiger partial charge in [0, 0.05) is 5.02 Å². The van der Waals surface area contributed by atoms with Crippen molar-refractivity contribution in [1.29, 1.82) is 0 Å². The molecule has 5 nitrogen and oxygen atoms in total. The molecule has 0 saturated heterocycles. The van der Waals surface area contributed by atoms with Crippen LogP contribution in [0.1, 0.15) is 20.8 Å². The molecule has 0 amide bonds. The second-order valence-corrected chi connectivity index (χ2v) is 7.41. The summed E-state index contributed by atoms with van der Waals surface area (Å²) in [5, 5.41) is 11.1. The van der Waals surface area contributed by atoms with E-state index in [-0.39, 0.29) is 15.5 Å². The molecule has 0 spiro atoms. The molecule has 2 aromatic rings. The quantitative estimate of drug-likeness (QED) is 0.888. The van der Waals surface area contributed by atoms with Crippen LogP contribution in [0.5, 0.6) is 0 Å². The molecule has 0 saturated carbocycles. The highest BCUT2D eigenvalue weighted by atomic mass is 35.5. The molecular weight excluding hydrogens is 334 g/mol. The van der Waals surface area contributed by atoms with E-state index in [1.54, 1.807) is 19.2 Å². The average Bonchev–Trinajstić information content (AvgIpc) is 2.70. The van der Waals surface area contributed by atoms with Gasteiger partial charge in [0.05, 0.1) is 10.6 Å². The maximum Gasteiger partial charge on any atom is 0.348 e. The van der Waals surface area contributed by atoms with Crippen molar-refractivity contribution in [1.82, 2.24) is 0 Å². The highest BCUT2D eigenvalue weighted by Gasteiger charge is 2.23. The highest BCUT2D eigenvalue weighted by molar-refractivity contribution is 7.92. The summed E-state index contributed by atoms with van der Waals surface area (Å²) in [6, 6.07) is 4.40. The Hall–Kier alpha value is -1.57. The van der Waals surface area contributed by atoms with Crippen LogP contribution in [-0.4, -0.2) is 19.5 Å². The van der Waals surface area contributed by atoms with E-state index in [1.165, 1.54) is 18.2 Å². The zero-order valence-corrected chi connectivity index (χ0v) is 13.6. The molecule has 21 heavy (non-hydrogen) atoms. The van der Waals surface area contributed by atoms with Crippen LogP contribution in [0.3, 0.4) is 0 Å². The highest BCUT2D eigenvalue weighted by Crippen LogP contribution is 2.30. The number of rotatable bonds is 4. The Balaban J connectivity index is 2.47. The summed E-state index contributed by atoms with van der Waals surface area (Å²) >= 11 is 6.79. The van der Waals surface area contributed by atoms with Crippen molar-refractivity contribution >= 4 is 44.6 Å². The normalized spacial score (nSPS) is 11.4. The topological polar surface area (TPSA) is 83.5 Å². The van der Waals surface area contributed by atoms with Crippen molar-refractivity contribution in [2.45, 2.75) is 18.7 Å². The van der Waals surface area contributed by atoms with Gasteiger partial charge in [0.25, 0.3) is 10.0 Å². The molecular formula is C13H12ClNO4S2. The minimum Gasteiger partial charge on any atom is -0.477 e. The second kappa shape index (κ2) is 5.67. The first-order chi connectivity index (χ1) is 9.72. The van der Waals surface area contributed by atoms with Gasteiger partial charge in [0.15, 0.2) is 0 Å². The third kappa shape index (κ3) is 3.20. The lowest BCUT2D eigenvalue weighted by molar-refractivity contribution is 0.0703. The van der Waals surface area contributed by atoms with Crippen molar-refractivity contribution in [2.75, 3.05) is 4.72 Å². The lowest BCUT2D eigenvalue weighted by Crippen LogP contribution is -2.16. The number of aromatic carboxylic acids is 1. The summed E-state index contributed by atoms with van der Waals surface area (Å²) in [5.74, 6) is -1.17. The van der Waals surface area contributed by atoms with E-state index in [1.807, 2.05) is 0 Å². The molecule has 1 heterocycles. The molecule has 0 atom stereocenters.